The number of hydrogen-bond donors (Lipinski definition) is 0. The molecule has 82 valence electrons. The first-order valence-corrected chi connectivity index (χ1v) is 5.07. The first-order chi connectivity index (χ1) is 7.13. The third-order valence-corrected chi connectivity index (χ3v) is 1.97. The molecule has 15 heavy (non-hydrogen) atoms. The minimum atomic E-state index is -1.47. The Labute approximate surface area is 89.1 Å². The number of benzene rings is 1. The maximum Gasteiger partial charge on any atom is 0.308 e. The molecule has 2 rings (SSSR count). The van der Waals surface area contributed by atoms with Crippen molar-refractivity contribution in [3.05, 3.63) is 24.3 Å². The van der Waals surface area contributed by atoms with E-state index in [4.69, 9.17) is 0 Å². The highest BCUT2D eigenvalue weighted by Crippen LogP contribution is 2.29. The number of halogens is 1. The molecule has 2 aliphatic rings. The lowest BCUT2D eigenvalue weighted by molar-refractivity contribution is -0.155. The molecule has 0 saturated heterocycles. The molecule has 0 N–H and O–H groups in total. The third kappa shape index (κ3) is 3.70. The van der Waals surface area contributed by atoms with Gasteiger partial charge in [-0.15, -0.1) is 0 Å². The third-order valence-electron chi connectivity index (χ3n) is 1.97. The summed E-state index contributed by atoms with van der Waals surface area (Å²) >= 11 is 0. The number of fused-ring (bicyclic) bond motifs is 1. The van der Waals surface area contributed by atoms with Crippen LogP contribution in [-0.4, -0.2) is 12.3 Å². The van der Waals surface area contributed by atoms with Gasteiger partial charge in [-0.25, -0.2) is 4.39 Å². The van der Waals surface area contributed by atoms with Gasteiger partial charge >= 0.3 is 5.97 Å². The highest BCUT2D eigenvalue weighted by atomic mass is 19.1. The smallest absolute Gasteiger partial charge is 0.308 e. The molecule has 0 amide bonds. The molecular formula is C12H15FO2. The maximum atomic E-state index is 11.8. The Hall–Kier alpha value is -1.38. The van der Waals surface area contributed by atoms with Gasteiger partial charge in [-0.2, -0.15) is 0 Å². The molecule has 0 spiro atoms. The molecule has 0 aliphatic heterocycles. The standard InChI is InChI=1S/C6H11FO2.C6H4/c1-3-4-6(8)9-5(2)7;1-2-6-4-3-5(1)6/h5H,3-4H2,1-2H3;1-4H. The predicted octanol–water partition coefficient (Wildman–Crippen LogP) is 3.31. The van der Waals surface area contributed by atoms with Crippen LogP contribution in [0.15, 0.2) is 24.3 Å². The van der Waals surface area contributed by atoms with Crippen molar-refractivity contribution >= 4 is 5.97 Å². The Morgan fingerprint density at radius 3 is 2.00 bits per heavy atom. The molecule has 2 aliphatic carbocycles. The van der Waals surface area contributed by atoms with Crippen LogP contribution in [0.5, 0.6) is 0 Å². The van der Waals surface area contributed by atoms with Crippen molar-refractivity contribution in [3.8, 4) is 11.1 Å². The van der Waals surface area contributed by atoms with E-state index >= 15 is 0 Å². The summed E-state index contributed by atoms with van der Waals surface area (Å²) in [6.07, 6.45) is -0.469. The van der Waals surface area contributed by atoms with Crippen LogP contribution >= 0.6 is 0 Å². The first kappa shape index (κ1) is 11.7. The molecule has 1 atom stereocenters. The average molecular weight is 210 g/mol. The van der Waals surface area contributed by atoms with Crippen molar-refractivity contribution in [2.75, 3.05) is 0 Å². The van der Waals surface area contributed by atoms with Crippen LogP contribution in [0.3, 0.4) is 0 Å². The molecule has 0 fully saturated rings. The molecule has 0 radical (unpaired) electrons. The lowest BCUT2D eigenvalue weighted by Gasteiger charge is -2.10. The van der Waals surface area contributed by atoms with Crippen LogP contribution < -0.4 is 0 Å². The quantitative estimate of drug-likeness (QED) is 0.726. The Bertz CT molecular complexity index is 296. The summed E-state index contributed by atoms with van der Waals surface area (Å²) in [7, 11) is 0. The van der Waals surface area contributed by atoms with Crippen molar-refractivity contribution in [3.63, 3.8) is 0 Å². The van der Waals surface area contributed by atoms with E-state index in [1.807, 2.05) is 6.92 Å². The second kappa shape index (κ2) is 5.49. The van der Waals surface area contributed by atoms with E-state index in [1.54, 1.807) is 0 Å². The summed E-state index contributed by atoms with van der Waals surface area (Å²) in [5.41, 5.74) is 2.85. The number of hydrogen-bond acceptors (Lipinski definition) is 2. The molecular weight excluding hydrogens is 195 g/mol. The molecule has 0 aromatic carbocycles. The van der Waals surface area contributed by atoms with Gasteiger partial charge in [0.15, 0.2) is 0 Å². The van der Waals surface area contributed by atoms with E-state index in [9.17, 15) is 9.18 Å². The van der Waals surface area contributed by atoms with Crippen LogP contribution in [-0.2, 0) is 9.53 Å². The normalized spacial score (nSPS) is 12.2. The second-order valence-corrected chi connectivity index (χ2v) is 3.36. The van der Waals surface area contributed by atoms with E-state index < -0.39 is 12.3 Å². The SMILES string of the molecule is CCCC(=O)OC(C)F.c1cc2ccc1-2. The van der Waals surface area contributed by atoms with Crippen LogP contribution in [0.1, 0.15) is 26.7 Å². The second-order valence-electron chi connectivity index (χ2n) is 3.36. The van der Waals surface area contributed by atoms with Gasteiger partial charge in [-0.1, -0.05) is 31.2 Å². The van der Waals surface area contributed by atoms with Gasteiger partial charge in [-0.3, -0.25) is 4.79 Å². The van der Waals surface area contributed by atoms with Gasteiger partial charge in [0.1, 0.15) is 0 Å². The zero-order valence-corrected chi connectivity index (χ0v) is 9.00. The zero-order valence-electron chi connectivity index (χ0n) is 9.00. The summed E-state index contributed by atoms with van der Waals surface area (Å²) in [6.45, 7) is 3.03. The highest BCUT2D eigenvalue weighted by Gasteiger charge is 2.04. The topological polar surface area (TPSA) is 26.3 Å². The fourth-order valence-corrected chi connectivity index (χ4v) is 1.11. The first-order valence-electron chi connectivity index (χ1n) is 5.07. The van der Waals surface area contributed by atoms with E-state index in [0.717, 1.165) is 0 Å². The summed E-state index contributed by atoms with van der Waals surface area (Å²) in [5, 5.41) is 0. The minimum Gasteiger partial charge on any atom is -0.431 e. The highest BCUT2D eigenvalue weighted by molar-refractivity contribution is 5.75. The van der Waals surface area contributed by atoms with Crippen LogP contribution in [0.4, 0.5) is 4.39 Å². The number of rotatable bonds is 3. The Morgan fingerprint density at radius 1 is 1.33 bits per heavy atom. The number of carbonyl (C=O) groups excluding carboxylic acids is 1. The monoisotopic (exact) mass is 210 g/mol. The summed E-state index contributed by atoms with van der Waals surface area (Å²) in [6, 6.07) is 8.48. The molecule has 0 heterocycles. The van der Waals surface area contributed by atoms with Crippen molar-refractivity contribution in [1.29, 1.82) is 0 Å². The van der Waals surface area contributed by atoms with Crippen molar-refractivity contribution < 1.29 is 13.9 Å². The molecule has 0 saturated carbocycles. The fraction of sp³-hybridized carbons (Fsp3) is 0.417. The number of alkyl halides is 1. The Balaban J connectivity index is 0.000000158. The fourth-order valence-electron chi connectivity index (χ4n) is 1.11. The van der Waals surface area contributed by atoms with Crippen molar-refractivity contribution in [1.82, 2.24) is 0 Å². The summed E-state index contributed by atoms with van der Waals surface area (Å²) in [4.78, 5) is 10.4. The maximum absolute atomic E-state index is 11.8. The number of carbonyl (C=O) groups is 1. The van der Waals surface area contributed by atoms with E-state index in [1.165, 1.54) is 18.1 Å². The van der Waals surface area contributed by atoms with E-state index in [0.29, 0.717) is 12.8 Å². The van der Waals surface area contributed by atoms with Gasteiger partial charge in [0, 0.05) is 13.3 Å². The Morgan fingerprint density at radius 2 is 1.80 bits per heavy atom. The largest absolute Gasteiger partial charge is 0.431 e. The lowest BCUT2D eigenvalue weighted by atomic mass is 9.95. The van der Waals surface area contributed by atoms with Gasteiger partial charge in [0.2, 0.25) is 6.36 Å². The van der Waals surface area contributed by atoms with Crippen molar-refractivity contribution in [2.24, 2.45) is 0 Å². The number of esters is 1. The van der Waals surface area contributed by atoms with E-state index in [2.05, 4.69) is 29.0 Å². The van der Waals surface area contributed by atoms with E-state index in [-0.39, 0.29) is 0 Å². The molecule has 2 nitrogen and oxygen atoms in total. The summed E-state index contributed by atoms with van der Waals surface area (Å²) < 4.78 is 16.0. The van der Waals surface area contributed by atoms with Gasteiger partial charge in [0.05, 0.1) is 0 Å². The molecule has 1 unspecified atom stereocenters. The molecule has 0 aromatic rings. The van der Waals surface area contributed by atoms with Crippen LogP contribution in [0.2, 0.25) is 0 Å². The molecule has 3 heteroatoms. The summed E-state index contributed by atoms with van der Waals surface area (Å²) in [5.74, 6) is -0.465. The number of ether oxygens (including phenoxy) is 1. The van der Waals surface area contributed by atoms with Crippen LogP contribution in [0, 0.1) is 0 Å². The average Bonchev–Trinajstić information content (AvgIpc) is 2.11. The van der Waals surface area contributed by atoms with Gasteiger partial charge in [-0.05, 0) is 17.5 Å². The van der Waals surface area contributed by atoms with Crippen LogP contribution in [0.25, 0.3) is 11.1 Å². The van der Waals surface area contributed by atoms with Gasteiger partial charge in [0.25, 0.3) is 0 Å². The zero-order chi connectivity index (χ0) is 11.3. The molecule has 0 aromatic heterocycles. The minimum absolute atomic E-state index is 0.300. The Kier molecular flexibility index (Phi) is 4.28. The predicted molar refractivity (Wildman–Crippen MR) is 57.0 cm³/mol. The lowest BCUT2D eigenvalue weighted by Crippen LogP contribution is -2.09. The van der Waals surface area contributed by atoms with Gasteiger partial charge < -0.3 is 4.74 Å². The van der Waals surface area contributed by atoms with Crippen molar-refractivity contribution in [2.45, 2.75) is 33.0 Å². The molecule has 0 bridgehead atoms.